The molecule has 0 radical (unpaired) electrons. The van der Waals surface area contributed by atoms with E-state index < -0.39 is 0 Å². The summed E-state index contributed by atoms with van der Waals surface area (Å²) in [7, 11) is 0. The summed E-state index contributed by atoms with van der Waals surface area (Å²) in [4.78, 5) is 14.9. The Morgan fingerprint density at radius 1 is 1.08 bits per heavy atom. The summed E-state index contributed by atoms with van der Waals surface area (Å²) in [6.45, 7) is 3.00. The summed E-state index contributed by atoms with van der Waals surface area (Å²) in [5, 5.41) is 3.04. The summed E-state index contributed by atoms with van der Waals surface area (Å²) in [6.07, 6.45) is 2.13. The number of para-hydroxylation sites is 1. The fourth-order valence-corrected chi connectivity index (χ4v) is 4.10. The number of nitrogens with one attached hydrogen (secondary N) is 1. The average molecular weight is 321 g/mol. The fourth-order valence-electron chi connectivity index (χ4n) is 4.10. The van der Waals surface area contributed by atoms with Crippen LogP contribution in [0.1, 0.15) is 29.9 Å². The highest BCUT2D eigenvalue weighted by Crippen LogP contribution is 2.41. The molecule has 4 rings (SSSR count). The van der Waals surface area contributed by atoms with Crippen LogP contribution in [0.5, 0.6) is 0 Å². The van der Waals surface area contributed by atoms with E-state index in [0.717, 1.165) is 43.9 Å². The Balaban J connectivity index is 1.41. The molecule has 2 heterocycles. The molecule has 0 saturated carbocycles. The molecule has 2 aliphatic heterocycles. The van der Waals surface area contributed by atoms with E-state index in [2.05, 4.69) is 22.3 Å². The van der Waals surface area contributed by atoms with Crippen LogP contribution in [-0.4, -0.2) is 23.9 Å². The highest BCUT2D eigenvalue weighted by Gasteiger charge is 2.37. The van der Waals surface area contributed by atoms with E-state index >= 15 is 0 Å². The maximum Gasteiger partial charge on any atom is 0.232 e. The van der Waals surface area contributed by atoms with Crippen molar-refractivity contribution >= 4 is 17.3 Å². The van der Waals surface area contributed by atoms with E-state index in [1.807, 2.05) is 36.4 Å². The number of amides is 1. The van der Waals surface area contributed by atoms with Gasteiger partial charge in [0.2, 0.25) is 5.91 Å². The topological polar surface area (TPSA) is 58.4 Å². The Labute approximate surface area is 142 Å². The van der Waals surface area contributed by atoms with Crippen LogP contribution in [0, 0.1) is 5.92 Å². The van der Waals surface area contributed by atoms with Crippen LogP contribution < -0.4 is 11.1 Å². The van der Waals surface area contributed by atoms with Gasteiger partial charge in [-0.1, -0.05) is 30.3 Å². The molecule has 1 fully saturated rings. The van der Waals surface area contributed by atoms with Crippen molar-refractivity contribution in [2.45, 2.75) is 25.3 Å². The molecule has 4 nitrogen and oxygen atoms in total. The number of nitrogen functional groups attached to an aromatic ring is 1. The van der Waals surface area contributed by atoms with E-state index in [1.54, 1.807) is 0 Å². The van der Waals surface area contributed by atoms with Crippen LogP contribution in [-0.2, 0) is 11.3 Å². The zero-order valence-corrected chi connectivity index (χ0v) is 13.7. The van der Waals surface area contributed by atoms with Gasteiger partial charge in [-0.25, -0.2) is 0 Å². The fraction of sp³-hybridized carbons (Fsp3) is 0.350. The molecule has 0 spiro atoms. The second-order valence-electron chi connectivity index (χ2n) is 6.91. The van der Waals surface area contributed by atoms with Gasteiger partial charge in [0, 0.05) is 17.9 Å². The molecule has 124 valence electrons. The number of likely N-dealkylation sites (tertiary alicyclic amines) is 1. The van der Waals surface area contributed by atoms with Crippen molar-refractivity contribution in [1.29, 1.82) is 0 Å². The Bertz CT molecular complexity index is 750. The molecule has 1 unspecified atom stereocenters. The predicted octanol–water partition coefficient (Wildman–Crippen LogP) is 3.22. The summed E-state index contributed by atoms with van der Waals surface area (Å²) in [5.74, 6) is 0.631. The van der Waals surface area contributed by atoms with Crippen LogP contribution >= 0.6 is 0 Å². The van der Waals surface area contributed by atoms with Crippen molar-refractivity contribution in [1.82, 2.24) is 4.90 Å². The van der Waals surface area contributed by atoms with E-state index in [4.69, 9.17) is 5.73 Å². The van der Waals surface area contributed by atoms with Gasteiger partial charge in [-0.2, -0.15) is 0 Å². The minimum absolute atomic E-state index is 0.0238. The largest absolute Gasteiger partial charge is 0.399 e. The second-order valence-corrected chi connectivity index (χ2v) is 6.91. The Kier molecular flexibility index (Phi) is 3.98. The summed E-state index contributed by atoms with van der Waals surface area (Å²) < 4.78 is 0. The zero-order chi connectivity index (χ0) is 16.5. The lowest BCUT2D eigenvalue weighted by Gasteiger charge is -2.34. The maximum absolute atomic E-state index is 12.4. The van der Waals surface area contributed by atoms with Crippen molar-refractivity contribution < 1.29 is 4.79 Å². The van der Waals surface area contributed by atoms with E-state index in [9.17, 15) is 4.79 Å². The molecule has 0 aliphatic carbocycles. The third-order valence-corrected chi connectivity index (χ3v) is 5.30. The molecular formula is C20H23N3O. The third-order valence-electron chi connectivity index (χ3n) is 5.30. The van der Waals surface area contributed by atoms with Crippen LogP contribution in [0.25, 0.3) is 0 Å². The van der Waals surface area contributed by atoms with Gasteiger partial charge in [0.1, 0.15) is 0 Å². The zero-order valence-electron chi connectivity index (χ0n) is 13.7. The molecule has 0 bridgehead atoms. The number of anilines is 2. The first-order valence-electron chi connectivity index (χ1n) is 8.67. The molecule has 1 atom stereocenters. The smallest absolute Gasteiger partial charge is 0.232 e. The number of nitrogens with zero attached hydrogens (tertiary/aromatic N) is 1. The summed E-state index contributed by atoms with van der Waals surface area (Å²) in [6, 6.07) is 16.2. The van der Waals surface area contributed by atoms with Gasteiger partial charge in [-0.15, -0.1) is 0 Å². The number of hydrogen-bond donors (Lipinski definition) is 2. The van der Waals surface area contributed by atoms with Crippen molar-refractivity contribution in [2.24, 2.45) is 5.92 Å². The van der Waals surface area contributed by atoms with Crippen LogP contribution in [0.2, 0.25) is 0 Å². The van der Waals surface area contributed by atoms with Gasteiger partial charge in [0.25, 0.3) is 0 Å². The lowest BCUT2D eigenvalue weighted by molar-refractivity contribution is -0.118. The normalized spacial score (nSPS) is 21.5. The van der Waals surface area contributed by atoms with Gasteiger partial charge in [-0.05, 0) is 61.2 Å². The quantitative estimate of drug-likeness (QED) is 0.854. The molecule has 3 N–H and O–H groups in total. The molecule has 1 amide bonds. The Morgan fingerprint density at radius 2 is 1.88 bits per heavy atom. The molecule has 24 heavy (non-hydrogen) atoms. The van der Waals surface area contributed by atoms with Crippen molar-refractivity contribution in [3.8, 4) is 0 Å². The highest BCUT2D eigenvalue weighted by molar-refractivity contribution is 6.03. The van der Waals surface area contributed by atoms with Crippen LogP contribution in [0.15, 0.2) is 48.5 Å². The Hall–Kier alpha value is -2.33. The molecule has 2 aromatic carbocycles. The van der Waals surface area contributed by atoms with Crippen molar-refractivity contribution in [2.75, 3.05) is 24.1 Å². The Morgan fingerprint density at radius 3 is 2.67 bits per heavy atom. The number of carbonyl (C=O) groups is 1. The molecule has 2 aromatic rings. The number of piperidine rings is 1. The minimum Gasteiger partial charge on any atom is -0.399 e. The van der Waals surface area contributed by atoms with Gasteiger partial charge in [-0.3, -0.25) is 9.69 Å². The highest BCUT2D eigenvalue weighted by atomic mass is 16.2. The number of carbonyl (C=O) groups excluding carboxylic acids is 1. The molecule has 2 aliphatic rings. The number of hydrogen-bond acceptors (Lipinski definition) is 3. The first-order chi connectivity index (χ1) is 11.7. The third kappa shape index (κ3) is 2.89. The van der Waals surface area contributed by atoms with Crippen LogP contribution in [0.4, 0.5) is 11.4 Å². The minimum atomic E-state index is 0.0238. The first-order valence-corrected chi connectivity index (χ1v) is 8.67. The van der Waals surface area contributed by atoms with E-state index in [1.165, 1.54) is 11.1 Å². The first kappa shape index (κ1) is 15.2. The monoisotopic (exact) mass is 321 g/mol. The van der Waals surface area contributed by atoms with Gasteiger partial charge >= 0.3 is 0 Å². The lowest BCUT2D eigenvalue weighted by Crippen LogP contribution is -2.36. The van der Waals surface area contributed by atoms with Gasteiger partial charge in [0.15, 0.2) is 0 Å². The summed E-state index contributed by atoms with van der Waals surface area (Å²) >= 11 is 0. The number of benzene rings is 2. The standard InChI is InChI=1S/C20H23N3O/c21-16-5-3-4-14(12-16)13-23-10-8-15(9-11-23)19-17-6-1-2-7-18(17)22-20(19)24/h1-7,12,15,19H,8-11,13,21H2,(H,22,24). The lowest BCUT2D eigenvalue weighted by atomic mass is 9.80. The maximum atomic E-state index is 12.4. The SMILES string of the molecule is Nc1cccc(CN2CCC(C3C(=O)Nc4ccccc43)CC2)c1. The predicted molar refractivity (Wildman–Crippen MR) is 96.7 cm³/mol. The number of rotatable bonds is 3. The molecular weight excluding hydrogens is 298 g/mol. The van der Waals surface area contributed by atoms with Crippen molar-refractivity contribution in [3.05, 3.63) is 59.7 Å². The summed E-state index contributed by atoms with van der Waals surface area (Å²) in [5.41, 5.74) is 10.1. The number of fused-ring (bicyclic) bond motifs is 1. The van der Waals surface area contributed by atoms with Crippen molar-refractivity contribution in [3.63, 3.8) is 0 Å². The van der Waals surface area contributed by atoms with Gasteiger partial charge < -0.3 is 11.1 Å². The average Bonchev–Trinajstić information content (AvgIpc) is 2.91. The molecule has 1 saturated heterocycles. The second kappa shape index (κ2) is 6.29. The van der Waals surface area contributed by atoms with E-state index in [0.29, 0.717) is 5.92 Å². The van der Waals surface area contributed by atoms with Gasteiger partial charge in [0.05, 0.1) is 5.92 Å². The van der Waals surface area contributed by atoms with Crippen LogP contribution in [0.3, 0.4) is 0 Å². The number of nitrogens with two attached hydrogens (primary N) is 1. The molecule has 4 heteroatoms. The molecule has 0 aromatic heterocycles. The van der Waals surface area contributed by atoms with E-state index in [-0.39, 0.29) is 11.8 Å².